The molecule has 30 heavy (non-hydrogen) atoms. The predicted molar refractivity (Wildman–Crippen MR) is 118 cm³/mol. The Bertz CT molecular complexity index is 990. The van der Waals surface area contributed by atoms with Gasteiger partial charge < -0.3 is 19.2 Å². The van der Waals surface area contributed by atoms with Crippen molar-refractivity contribution in [2.75, 3.05) is 20.8 Å². The second kappa shape index (κ2) is 9.53. The van der Waals surface area contributed by atoms with Crippen LogP contribution in [0.25, 0.3) is 0 Å². The van der Waals surface area contributed by atoms with Gasteiger partial charge in [0.15, 0.2) is 5.76 Å². The van der Waals surface area contributed by atoms with Crippen molar-refractivity contribution in [3.63, 3.8) is 0 Å². The molecule has 0 saturated carbocycles. The summed E-state index contributed by atoms with van der Waals surface area (Å²) in [5.41, 5.74) is 6.00. The number of amides is 1. The third-order valence-electron chi connectivity index (χ3n) is 5.19. The van der Waals surface area contributed by atoms with Gasteiger partial charge in [0.25, 0.3) is 5.91 Å². The summed E-state index contributed by atoms with van der Waals surface area (Å²) in [6.07, 6.45) is 1.34. The molecule has 0 radical (unpaired) electrons. The number of furan rings is 1. The molecule has 2 aromatic carbocycles. The number of methoxy groups -OCH3 is 2. The van der Waals surface area contributed by atoms with Gasteiger partial charge in [-0.2, -0.15) is 0 Å². The molecule has 0 aliphatic carbocycles. The quantitative estimate of drug-likeness (QED) is 0.583. The van der Waals surface area contributed by atoms with Crippen LogP contribution in [-0.2, 0) is 12.8 Å². The van der Waals surface area contributed by atoms with Crippen LogP contribution in [0.2, 0.25) is 0 Å². The van der Waals surface area contributed by atoms with E-state index in [1.54, 1.807) is 20.3 Å². The molecule has 1 aromatic heterocycles. The highest BCUT2D eigenvalue weighted by Gasteiger charge is 2.13. The number of hydrogen-bond acceptors (Lipinski definition) is 4. The fourth-order valence-electron chi connectivity index (χ4n) is 3.68. The molecule has 3 aromatic rings. The van der Waals surface area contributed by atoms with Crippen molar-refractivity contribution in [3.8, 4) is 11.5 Å². The second-order valence-corrected chi connectivity index (χ2v) is 7.55. The van der Waals surface area contributed by atoms with E-state index in [0.29, 0.717) is 25.1 Å². The van der Waals surface area contributed by atoms with E-state index in [1.165, 1.54) is 22.3 Å². The van der Waals surface area contributed by atoms with Gasteiger partial charge in [-0.1, -0.05) is 17.7 Å². The van der Waals surface area contributed by atoms with Crippen LogP contribution in [0.1, 0.15) is 44.1 Å². The van der Waals surface area contributed by atoms with Gasteiger partial charge in [0, 0.05) is 19.0 Å². The lowest BCUT2D eigenvalue weighted by atomic mass is 9.97. The fraction of sp³-hybridized carbons (Fsp3) is 0.320. The first-order valence-electron chi connectivity index (χ1n) is 10.0. The van der Waals surface area contributed by atoms with Crippen LogP contribution in [0.15, 0.2) is 46.9 Å². The molecule has 5 nitrogen and oxygen atoms in total. The van der Waals surface area contributed by atoms with E-state index in [4.69, 9.17) is 13.9 Å². The number of carbonyl (C=O) groups excluding carboxylic acids is 1. The van der Waals surface area contributed by atoms with Gasteiger partial charge in [-0.25, -0.2) is 0 Å². The summed E-state index contributed by atoms with van der Waals surface area (Å²) in [6.45, 7) is 6.81. The molecule has 1 amide bonds. The minimum absolute atomic E-state index is 0.214. The number of hydrogen-bond donors (Lipinski definition) is 1. The average molecular weight is 408 g/mol. The molecule has 3 rings (SSSR count). The van der Waals surface area contributed by atoms with Crippen LogP contribution in [0.4, 0.5) is 0 Å². The number of benzene rings is 2. The smallest absolute Gasteiger partial charge is 0.287 e. The molecular weight excluding hydrogens is 378 g/mol. The zero-order valence-corrected chi connectivity index (χ0v) is 18.3. The summed E-state index contributed by atoms with van der Waals surface area (Å²) in [6, 6.07) is 13.7. The van der Waals surface area contributed by atoms with Crippen molar-refractivity contribution in [1.29, 1.82) is 0 Å². The van der Waals surface area contributed by atoms with Gasteiger partial charge in [-0.3, -0.25) is 4.79 Å². The lowest BCUT2D eigenvalue weighted by Gasteiger charge is -2.10. The first-order chi connectivity index (χ1) is 14.4. The first kappa shape index (κ1) is 21.5. The summed E-state index contributed by atoms with van der Waals surface area (Å²) in [7, 11) is 3.24. The van der Waals surface area contributed by atoms with Crippen LogP contribution < -0.4 is 14.8 Å². The molecule has 5 heteroatoms. The van der Waals surface area contributed by atoms with Crippen molar-refractivity contribution in [3.05, 3.63) is 81.8 Å². The Kier molecular flexibility index (Phi) is 6.83. The molecule has 1 N–H and O–H groups in total. The van der Waals surface area contributed by atoms with Crippen molar-refractivity contribution in [2.24, 2.45) is 0 Å². The fourth-order valence-corrected chi connectivity index (χ4v) is 3.68. The van der Waals surface area contributed by atoms with Crippen LogP contribution in [0, 0.1) is 20.8 Å². The third kappa shape index (κ3) is 5.23. The van der Waals surface area contributed by atoms with Gasteiger partial charge in [0.1, 0.15) is 17.3 Å². The van der Waals surface area contributed by atoms with E-state index in [9.17, 15) is 4.79 Å². The van der Waals surface area contributed by atoms with E-state index in [-0.39, 0.29) is 5.91 Å². The summed E-state index contributed by atoms with van der Waals surface area (Å²) in [5.74, 6) is 2.36. The van der Waals surface area contributed by atoms with Crippen molar-refractivity contribution in [2.45, 2.75) is 33.6 Å². The lowest BCUT2D eigenvalue weighted by molar-refractivity contribution is 0.0925. The largest absolute Gasteiger partial charge is 0.497 e. The minimum Gasteiger partial charge on any atom is -0.497 e. The van der Waals surface area contributed by atoms with Crippen LogP contribution in [0.5, 0.6) is 11.5 Å². The van der Waals surface area contributed by atoms with E-state index in [1.807, 2.05) is 24.3 Å². The second-order valence-electron chi connectivity index (χ2n) is 7.55. The Balaban J connectivity index is 1.59. The molecule has 158 valence electrons. The molecule has 0 spiro atoms. The van der Waals surface area contributed by atoms with E-state index in [0.717, 1.165) is 22.8 Å². The molecule has 0 atom stereocenters. The van der Waals surface area contributed by atoms with Crippen LogP contribution in [0.3, 0.4) is 0 Å². The number of rotatable bonds is 8. The van der Waals surface area contributed by atoms with Crippen LogP contribution in [-0.4, -0.2) is 26.7 Å². The first-order valence-corrected chi connectivity index (χ1v) is 10.0. The van der Waals surface area contributed by atoms with Gasteiger partial charge in [0.2, 0.25) is 0 Å². The van der Waals surface area contributed by atoms with E-state index in [2.05, 4.69) is 38.2 Å². The van der Waals surface area contributed by atoms with Gasteiger partial charge in [0.05, 0.1) is 14.2 Å². The maximum atomic E-state index is 12.5. The summed E-state index contributed by atoms with van der Waals surface area (Å²) < 4.78 is 16.4. The lowest BCUT2D eigenvalue weighted by Crippen LogP contribution is -2.25. The van der Waals surface area contributed by atoms with Crippen molar-refractivity contribution >= 4 is 5.91 Å². The monoisotopic (exact) mass is 407 g/mol. The van der Waals surface area contributed by atoms with E-state index >= 15 is 0 Å². The molecule has 1 heterocycles. The topological polar surface area (TPSA) is 60.7 Å². The summed E-state index contributed by atoms with van der Waals surface area (Å²) in [4.78, 5) is 12.5. The highest BCUT2D eigenvalue weighted by Crippen LogP contribution is 2.23. The summed E-state index contributed by atoms with van der Waals surface area (Å²) >= 11 is 0. The zero-order valence-electron chi connectivity index (χ0n) is 18.3. The number of ether oxygens (including phenoxy) is 2. The highest BCUT2D eigenvalue weighted by atomic mass is 16.5. The zero-order chi connectivity index (χ0) is 21.7. The van der Waals surface area contributed by atoms with Gasteiger partial charge in [-0.05, 0) is 73.7 Å². The normalized spacial score (nSPS) is 10.7. The molecular formula is C25H29NO4. The summed E-state index contributed by atoms with van der Waals surface area (Å²) in [5, 5.41) is 2.92. The highest BCUT2D eigenvalue weighted by molar-refractivity contribution is 5.91. The maximum absolute atomic E-state index is 12.5. The number of carbonyl (C=O) groups is 1. The van der Waals surface area contributed by atoms with Crippen molar-refractivity contribution < 1.29 is 18.7 Å². The Morgan fingerprint density at radius 1 is 0.933 bits per heavy atom. The molecule has 0 saturated heterocycles. The Morgan fingerprint density at radius 2 is 1.57 bits per heavy atom. The average Bonchev–Trinajstić information content (AvgIpc) is 3.19. The molecule has 0 aliphatic rings. The Labute approximate surface area is 178 Å². The molecule has 0 fully saturated rings. The van der Waals surface area contributed by atoms with Crippen LogP contribution >= 0.6 is 0 Å². The Morgan fingerprint density at radius 3 is 2.17 bits per heavy atom. The number of aryl methyl sites for hydroxylation is 3. The predicted octanol–water partition coefficient (Wildman–Crippen LogP) is 4.79. The van der Waals surface area contributed by atoms with E-state index < -0.39 is 0 Å². The Hall–Kier alpha value is -3.21. The minimum atomic E-state index is -0.214. The third-order valence-corrected chi connectivity index (χ3v) is 5.19. The van der Waals surface area contributed by atoms with Gasteiger partial charge >= 0.3 is 0 Å². The molecule has 0 unspecified atom stereocenters. The number of nitrogens with one attached hydrogen (secondary N) is 1. The maximum Gasteiger partial charge on any atom is 0.287 e. The van der Waals surface area contributed by atoms with Crippen molar-refractivity contribution in [1.82, 2.24) is 5.32 Å². The standard InChI is InChI=1S/C25H29NO4/c1-16-10-17(2)23(18(3)11-16)15-20-6-7-24(30-20)25(27)26-9-8-19-12-21(28-4)14-22(13-19)29-5/h6-7,10-14H,8-9,15H2,1-5H3,(H,26,27). The van der Waals surface area contributed by atoms with Gasteiger partial charge in [-0.15, -0.1) is 0 Å². The SMILES string of the molecule is COc1cc(CCNC(=O)c2ccc(Cc3c(C)cc(C)cc3C)o2)cc(OC)c1. The molecule has 0 aliphatic heterocycles. The molecule has 0 bridgehead atoms.